The summed E-state index contributed by atoms with van der Waals surface area (Å²) in [5.41, 5.74) is 2.60. The third-order valence-electron chi connectivity index (χ3n) is 4.17. The quantitative estimate of drug-likeness (QED) is 0.876. The highest BCUT2D eigenvalue weighted by Gasteiger charge is 2.21. The summed E-state index contributed by atoms with van der Waals surface area (Å²) in [5, 5.41) is 7.01. The Labute approximate surface area is 147 Å². The van der Waals surface area contributed by atoms with Crippen molar-refractivity contribution in [1.82, 2.24) is 10.6 Å². The summed E-state index contributed by atoms with van der Waals surface area (Å²) in [5.74, 6) is 0.450. The number of ether oxygens (including phenoxy) is 1. The first kappa shape index (κ1) is 16.8. The number of hydrogen-bond acceptors (Lipinski definition) is 3. The molecule has 126 valence electrons. The molecule has 2 unspecified atom stereocenters. The number of carbonyl (C=O) groups is 1. The van der Waals surface area contributed by atoms with Crippen molar-refractivity contribution < 1.29 is 9.53 Å². The summed E-state index contributed by atoms with van der Waals surface area (Å²) < 4.78 is 5.65. The molecule has 5 heteroatoms. The maximum atomic E-state index is 12.3. The first-order chi connectivity index (χ1) is 11.6. The van der Waals surface area contributed by atoms with Crippen LogP contribution < -0.4 is 15.4 Å². The second kappa shape index (κ2) is 7.69. The van der Waals surface area contributed by atoms with Crippen molar-refractivity contribution in [1.29, 1.82) is 0 Å². The number of halogens is 1. The first-order valence-electron chi connectivity index (χ1n) is 8.14. The number of nitrogens with one attached hydrogen (secondary N) is 2. The fraction of sp³-hybridized carbons (Fsp3) is 0.316. The first-order valence-corrected chi connectivity index (χ1v) is 8.52. The summed E-state index contributed by atoms with van der Waals surface area (Å²) in [4.78, 5) is 12.3. The monoisotopic (exact) mass is 344 g/mol. The van der Waals surface area contributed by atoms with Crippen LogP contribution >= 0.6 is 11.6 Å². The van der Waals surface area contributed by atoms with Crippen molar-refractivity contribution in [2.24, 2.45) is 0 Å². The van der Waals surface area contributed by atoms with Gasteiger partial charge in [-0.1, -0.05) is 41.9 Å². The van der Waals surface area contributed by atoms with Crippen molar-refractivity contribution in [3.8, 4) is 5.75 Å². The van der Waals surface area contributed by atoms with Crippen LogP contribution in [0.25, 0.3) is 0 Å². The van der Waals surface area contributed by atoms with E-state index in [1.54, 1.807) is 31.2 Å². The molecule has 0 fully saturated rings. The molecule has 0 spiro atoms. The lowest BCUT2D eigenvalue weighted by atomic mass is 9.94. The van der Waals surface area contributed by atoms with Gasteiger partial charge < -0.3 is 15.4 Å². The van der Waals surface area contributed by atoms with Crippen LogP contribution in [-0.4, -0.2) is 25.1 Å². The highest BCUT2D eigenvalue weighted by molar-refractivity contribution is 6.30. The summed E-state index contributed by atoms with van der Waals surface area (Å²) >= 11 is 5.93. The lowest BCUT2D eigenvalue weighted by Gasteiger charge is -2.27. The molecule has 0 aromatic heterocycles. The van der Waals surface area contributed by atoms with E-state index < -0.39 is 6.10 Å². The fourth-order valence-electron chi connectivity index (χ4n) is 2.92. The third kappa shape index (κ3) is 4.08. The second-order valence-electron chi connectivity index (χ2n) is 5.92. The van der Waals surface area contributed by atoms with Gasteiger partial charge in [-0.3, -0.25) is 4.79 Å². The Bertz CT molecular complexity index is 720. The topological polar surface area (TPSA) is 50.4 Å². The van der Waals surface area contributed by atoms with E-state index in [0.717, 1.165) is 13.0 Å². The maximum Gasteiger partial charge on any atom is 0.260 e. The largest absolute Gasteiger partial charge is 0.481 e. The van der Waals surface area contributed by atoms with Crippen LogP contribution in [0.4, 0.5) is 0 Å². The normalized spacial score (nSPS) is 17.7. The zero-order chi connectivity index (χ0) is 16.9. The molecule has 3 rings (SSSR count). The molecule has 1 amide bonds. The molecule has 0 radical (unpaired) electrons. The van der Waals surface area contributed by atoms with Crippen LogP contribution in [0.5, 0.6) is 5.75 Å². The van der Waals surface area contributed by atoms with Crippen LogP contribution in [0.1, 0.15) is 24.1 Å². The number of benzene rings is 2. The minimum atomic E-state index is -0.581. The van der Waals surface area contributed by atoms with E-state index >= 15 is 0 Å². The van der Waals surface area contributed by atoms with Crippen LogP contribution in [0.3, 0.4) is 0 Å². The third-order valence-corrected chi connectivity index (χ3v) is 4.41. The van der Waals surface area contributed by atoms with E-state index in [1.807, 2.05) is 6.07 Å². The maximum absolute atomic E-state index is 12.3. The summed E-state index contributed by atoms with van der Waals surface area (Å²) in [7, 11) is 0. The summed E-state index contributed by atoms with van der Waals surface area (Å²) in [6.07, 6.45) is 0.442. The Morgan fingerprint density at radius 1 is 1.33 bits per heavy atom. The standard InChI is InChI=1S/C19H21ClN2O2/c1-13(24-16-7-4-6-15(20)11-16)19(23)22-12-18-17-8-3-2-5-14(17)9-10-21-18/h2-8,11,13,18,21H,9-10,12H2,1H3,(H,22,23). The minimum Gasteiger partial charge on any atom is -0.481 e. The predicted octanol–water partition coefficient (Wildman–Crippen LogP) is 3.11. The van der Waals surface area contributed by atoms with Crippen LogP contribution in [0, 0.1) is 0 Å². The molecule has 0 aliphatic carbocycles. The average molecular weight is 345 g/mol. The molecular formula is C19H21ClN2O2. The molecule has 0 bridgehead atoms. The lowest BCUT2D eigenvalue weighted by molar-refractivity contribution is -0.127. The van der Waals surface area contributed by atoms with Crippen molar-refractivity contribution in [2.45, 2.75) is 25.5 Å². The Hall–Kier alpha value is -2.04. The van der Waals surface area contributed by atoms with Gasteiger partial charge in [0, 0.05) is 17.6 Å². The van der Waals surface area contributed by atoms with Gasteiger partial charge in [-0.25, -0.2) is 0 Å². The van der Waals surface area contributed by atoms with E-state index in [0.29, 0.717) is 17.3 Å². The zero-order valence-corrected chi connectivity index (χ0v) is 14.3. The second-order valence-corrected chi connectivity index (χ2v) is 6.35. The smallest absolute Gasteiger partial charge is 0.260 e. The van der Waals surface area contributed by atoms with E-state index in [1.165, 1.54) is 11.1 Å². The number of hydrogen-bond donors (Lipinski definition) is 2. The van der Waals surface area contributed by atoms with E-state index in [9.17, 15) is 4.79 Å². The summed E-state index contributed by atoms with van der Waals surface area (Å²) in [6.45, 7) is 3.20. The van der Waals surface area contributed by atoms with Gasteiger partial charge in [0.25, 0.3) is 5.91 Å². The Morgan fingerprint density at radius 3 is 3.00 bits per heavy atom. The van der Waals surface area contributed by atoms with Gasteiger partial charge in [0.05, 0.1) is 0 Å². The Morgan fingerprint density at radius 2 is 2.17 bits per heavy atom. The average Bonchev–Trinajstić information content (AvgIpc) is 2.59. The van der Waals surface area contributed by atoms with Gasteiger partial charge in [0.2, 0.25) is 0 Å². The molecule has 2 aromatic carbocycles. The van der Waals surface area contributed by atoms with Crippen molar-refractivity contribution >= 4 is 17.5 Å². The lowest BCUT2D eigenvalue weighted by Crippen LogP contribution is -2.43. The summed E-state index contributed by atoms with van der Waals surface area (Å²) in [6, 6.07) is 15.5. The number of fused-ring (bicyclic) bond motifs is 1. The van der Waals surface area contributed by atoms with Gasteiger partial charge in [0.1, 0.15) is 5.75 Å². The molecule has 1 heterocycles. The number of rotatable bonds is 5. The molecular weight excluding hydrogens is 324 g/mol. The van der Waals surface area contributed by atoms with Crippen LogP contribution in [0.15, 0.2) is 48.5 Å². The SMILES string of the molecule is CC(Oc1cccc(Cl)c1)C(=O)NCC1NCCc2ccccc21. The van der Waals surface area contributed by atoms with Crippen molar-refractivity contribution in [3.63, 3.8) is 0 Å². The zero-order valence-electron chi connectivity index (χ0n) is 13.6. The molecule has 1 aliphatic rings. The van der Waals surface area contributed by atoms with E-state index in [4.69, 9.17) is 16.3 Å². The minimum absolute atomic E-state index is 0.136. The van der Waals surface area contributed by atoms with Gasteiger partial charge in [-0.2, -0.15) is 0 Å². The Balaban J connectivity index is 1.56. The van der Waals surface area contributed by atoms with Gasteiger partial charge in [0.15, 0.2) is 6.10 Å². The van der Waals surface area contributed by atoms with Gasteiger partial charge in [-0.15, -0.1) is 0 Å². The van der Waals surface area contributed by atoms with Crippen molar-refractivity contribution in [2.75, 3.05) is 13.1 Å². The number of carbonyl (C=O) groups excluding carboxylic acids is 1. The molecule has 0 saturated carbocycles. The van der Waals surface area contributed by atoms with Crippen molar-refractivity contribution in [3.05, 3.63) is 64.7 Å². The molecule has 0 saturated heterocycles. The highest BCUT2D eigenvalue weighted by Crippen LogP contribution is 2.22. The van der Waals surface area contributed by atoms with E-state index in [-0.39, 0.29) is 11.9 Å². The highest BCUT2D eigenvalue weighted by atomic mass is 35.5. The van der Waals surface area contributed by atoms with Crippen LogP contribution in [0.2, 0.25) is 5.02 Å². The molecule has 4 nitrogen and oxygen atoms in total. The molecule has 2 N–H and O–H groups in total. The van der Waals surface area contributed by atoms with E-state index in [2.05, 4.69) is 28.8 Å². The fourth-order valence-corrected chi connectivity index (χ4v) is 3.10. The van der Waals surface area contributed by atoms with Gasteiger partial charge in [-0.05, 0) is 49.2 Å². The molecule has 2 atom stereocenters. The molecule has 2 aromatic rings. The van der Waals surface area contributed by atoms with Crippen LogP contribution in [-0.2, 0) is 11.2 Å². The Kier molecular flexibility index (Phi) is 5.38. The predicted molar refractivity (Wildman–Crippen MR) is 95.4 cm³/mol. The van der Waals surface area contributed by atoms with Gasteiger partial charge >= 0.3 is 0 Å². The molecule has 24 heavy (non-hydrogen) atoms. The number of amides is 1. The molecule has 1 aliphatic heterocycles.